The fraction of sp³-hybridized carbons (Fsp3) is 0.250. The van der Waals surface area contributed by atoms with Crippen molar-refractivity contribution in [2.75, 3.05) is 0 Å². The van der Waals surface area contributed by atoms with E-state index in [2.05, 4.69) is 22.2 Å². The van der Waals surface area contributed by atoms with Gasteiger partial charge in [0, 0.05) is 17.5 Å². The molecule has 0 fully saturated rings. The number of aryl methyl sites for hydroxylation is 1. The van der Waals surface area contributed by atoms with Gasteiger partial charge in [0.25, 0.3) is 0 Å². The van der Waals surface area contributed by atoms with Crippen LogP contribution in [0.15, 0.2) is 42.7 Å². The summed E-state index contributed by atoms with van der Waals surface area (Å²) in [5.74, 6) is -0.432. The number of carbonyl (C=O) groups excluding carboxylic acids is 1. The van der Waals surface area contributed by atoms with Crippen molar-refractivity contribution >= 4 is 17.2 Å². The molecule has 23 heavy (non-hydrogen) atoms. The highest BCUT2D eigenvalue weighted by molar-refractivity contribution is 7.14. The molecule has 6 nitrogen and oxygen atoms in total. The van der Waals surface area contributed by atoms with Crippen molar-refractivity contribution in [1.82, 2.24) is 20.0 Å². The zero-order valence-electron chi connectivity index (χ0n) is 12.7. The van der Waals surface area contributed by atoms with Crippen LogP contribution in [0.3, 0.4) is 0 Å². The number of hydrogen-bond acceptors (Lipinski definition) is 5. The van der Waals surface area contributed by atoms with E-state index in [1.165, 1.54) is 9.56 Å². The van der Waals surface area contributed by atoms with Crippen LogP contribution >= 0.6 is 11.3 Å². The second-order valence-corrected chi connectivity index (χ2v) is 6.29. The molecule has 0 spiro atoms. The minimum Gasteiger partial charge on any atom is -0.368 e. The van der Waals surface area contributed by atoms with Crippen LogP contribution in [0.4, 0.5) is 0 Å². The second kappa shape index (κ2) is 6.70. The summed E-state index contributed by atoms with van der Waals surface area (Å²) in [6, 6.07) is 9.16. The Morgan fingerprint density at radius 2 is 2.13 bits per heavy atom. The van der Waals surface area contributed by atoms with Crippen molar-refractivity contribution in [3.63, 3.8) is 0 Å². The normalized spacial score (nSPS) is 12.2. The highest BCUT2D eigenvalue weighted by Gasteiger charge is 2.21. The van der Waals surface area contributed by atoms with Gasteiger partial charge < -0.3 is 5.73 Å². The van der Waals surface area contributed by atoms with Crippen LogP contribution in [0.1, 0.15) is 23.4 Å². The third-order valence-corrected chi connectivity index (χ3v) is 4.72. The number of rotatable bonds is 6. The average Bonchev–Trinajstić information content (AvgIpc) is 3.22. The number of aromatic nitrogens is 4. The van der Waals surface area contributed by atoms with Gasteiger partial charge in [-0.2, -0.15) is 0 Å². The minimum absolute atomic E-state index is 0.432. The third kappa shape index (κ3) is 3.45. The second-order valence-electron chi connectivity index (χ2n) is 5.18. The first-order valence-electron chi connectivity index (χ1n) is 7.37. The van der Waals surface area contributed by atoms with Gasteiger partial charge in [-0.15, -0.1) is 16.4 Å². The van der Waals surface area contributed by atoms with Crippen LogP contribution in [-0.4, -0.2) is 25.9 Å². The van der Waals surface area contributed by atoms with E-state index in [0.29, 0.717) is 12.1 Å². The van der Waals surface area contributed by atoms with E-state index in [-0.39, 0.29) is 0 Å². The fourth-order valence-corrected chi connectivity index (χ4v) is 3.08. The maximum Gasteiger partial charge on any atom is 0.242 e. The van der Waals surface area contributed by atoms with Crippen LogP contribution < -0.4 is 5.73 Å². The lowest BCUT2D eigenvalue weighted by molar-refractivity contribution is -0.121. The van der Waals surface area contributed by atoms with Gasteiger partial charge in [-0.05, 0) is 12.0 Å². The molecular formula is C16H17N5OS. The molecule has 0 bridgehead atoms. The first-order chi connectivity index (χ1) is 11.2. The number of amides is 1. The summed E-state index contributed by atoms with van der Waals surface area (Å²) in [5.41, 5.74) is 7.23. The molecule has 1 atom stereocenters. The summed E-state index contributed by atoms with van der Waals surface area (Å²) in [6.07, 6.45) is 4.99. The first-order valence-corrected chi connectivity index (χ1v) is 8.19. The lowest BCUT2D eigenvalue weighted by Crippen LogP contribution is -2.28. The Morgan fingerprint density at radius 1 is 1.35 bits per heavy atom. The molecule has 2 N–H and O–H groups in total. The number of nitrogens with two attached hydrogens (primary N) is 1. The minimum atomic E-state index is -0.566. The Morgan fingerprint density at radius 3 is 2.78 bits per heavy atom. The number of carbonyl (C=O) groups is 1. The van der Waals surface area contributed by atoms with Gasteiger partial charge in [0.1, 0.15) is 16.7 Å². The summed E-state index contributed by atoms with van der Waals surface area (Å²) in [5, 5.41) is 9.01. The molecule has 2 heterocycles. The van der Waals surface area contributed by atoms with E-state index in [9.17, 15) is 4.79 Å². The lowest BCUT2D eigenvalue weighted by Gasteiger charge is -2.12. The van der Waals surface area contributed by atoms with E-state index in [4.69, 9.17) is 5.73 Å². The maximum absolute atomic E-state index is 11.8. The summed E-state index contributed by atoms with van der Waals surface area (Å²) >= 11 is 1.58. The van der Waals surface area contributed by atoms with Crippen molar-refractivity contribution < 1.29 is 4.79 Å². The molecule has 0 saturated carbocycles. The molecule has 1 unspecified atom stereocenters. The molecule has 118 valence electrons. The van der Waals surface area contributed by atoms with Crippen molar-refractivity contribution in [3.8, 4) is 10.7 Å². The molecule has 7 heteroatoms. The Bertz CT molecular complexity index is 796. The van der Waals surface area contributed by atoms with Crippen molar-refractivity contribution in [1.29, 1.82) is 0 Å². The lowest BCUT2D eigenvalue weighted by atomic mass is 10.1. The van der Waals surface area contributed by atoms with Crippen LogP contribution in [0, 0.1) is 0 Å². The largest absolute Gasteiger partial charge is 0.368 e. The molecule has 0 aliphatic rings. The predicted octanol–water partition coefficient (Wildman–Crippen LogP) is 2.23. The predicted molar refractivity (Wildman–Crippen MR) is 88.9 cm³/mol. The van der Waals surface area contributed by atoms with Gasteiger partial charge in [-0.3, -0.25) is 4.79 Å². The van der Waals surface area contributed by atoms with Crippen LogP contribution in [-0.2, 0) is 17.6 Å². The summed E-state index contributed by atoms with van der Waals surface area (Å²) in [7, 11) is 0. The summed E-state index contributed by atoms with van der Waals surface area (Å²) in [6.45, 7) is 2.08. The number of thiazole rings is 1. The number of benzene rings is 1. The van der Waals surface area contributed by atoms with Crippen LogP contribution in [0.5, 0.6) is 0 Å². The first kappa shape index (κ1) is 15.4. The molecule has 0 radical (unpaired) electrons. The van der Waals surface area contributed by atoms with Crippen molar-refractivity contribution in [2.45, 2.75) is 25.8 Å². The molecule has 2 aromatic heterocycles. The van der Waals surface area contributed by atoms with Crippen LogP contribution in [0.25, 0.3) is 10.7 Å². The van der Waals surface area contributed by atoms with Gasteiger partial charge in [0.05, 0.1) is 6.20 Å². The molecule has 0 aliphatic heterocycles. The molecule has 1 aromatic carbocycles. The zero-order chi connectivity index (χ0) is 16.2. The molecule has 0 saturated heterocycles. The van der Waals surface area contributed by atoms with E-state index in [1.807, 2.05) is 36.5 Å². The molecular weight excluding hydrogens is 310 g/mol. The summed E-state index contributed by atoms with van der Waals surface area (Å²) in [4.78, 5) is 17.4. The van der Waals surface area contributed by atoms with E-state index < -0.39 is 11.9 Å². The molecule has 0 aliphatic carbocycles. The van der Waals surface area contributed by atoms with Gasteiger partial charge in [0.2, 0.25) is 5.91 Å². The zero-order valence-corrected chi connectivity index (χ0v) is 13.5. The monoisotopic (exact) mass is 327 g/mol. The topological polar surface area (TPSA) is 86.7 Å². The van der Waals surface area contributed by atoms with Gasteiger partial charge >= 0.3 is 0 Å². The van der Waals surface area contributed by atoms with Crippen molar-refractivity contribution in [2.24, 2.45) is 5.73 Å². The highest BCUT2D eigenvalue weighted by Crippen LogP contribution is 2.24. The Labute approximate surface area is 138 Å². The van der Waals surface area contributed by atoms with Crippen molar-refractivity contribution in [3.05, 3.63) is 53.2 Å². The quantitative estimate of drug-likeness (QED) is 0.752. The van der Waals surface area contributed by atoms with Gasteiger partial charge in [-0.25, -0.2) is 9.67 Å². The van der Waals surface area contributed by atoms with Gasteiger partial charge in [0.15, 0.2) is 0 Å². The number of nitrogens with zero attached hydrogens (tertiary/aromatic N) is 4. The standard InChI is InChI=1S/C16H17N5OS/c1-2-12-9-18-16(23-12)13-10-21(20-19-13)14(15(17)22)8-11-6-4-3-5-7-11/h3-7,9-10,14H,2,8H2,1H3,(H2,17,22). The maximum atomic E-state index is 11.8. The number of primary amides is 1. The highest BCUT2D eigenvalue weighted by atomic mass is 32.1. The molecule has 3 rings (SSSR count). The summed E-state index contributed by atoms with van der Waals surface area (Å²) < 4.78 is 1.53. The van der Waals surface area contributed by atoms with E-state index in [1.54, 1.807) is 17.5 Å². The van der Waals surface area contributed by atoms with E-state index >= 15 is 0 Å². The smallest absolute Gasteiger partial charge is 0.242 e. The number of hydrogen-bond donors (Lipinski definition) is 1. The third-order valence-electron chi connectivity index (χ3n) is 3.55. The fourth-order valence-electron chi connectivity index (χ4n) is 2.28. The van der Waals surface area contributed by atoms with Crippen LogP contribution in [0.2, 0.25) is 0 Å². The molecule has 3 aromatic rings. The average molecular weight is 327 g/mol. The Balaban J connectivity index is 1.85. The van der Waals surface area contributed by atoms with E-state index in [0.717, 1.165) is 17.0 Å². The SMILES string of the molecule is CCc1cnc(-c2cn(C(Cc3ccccc3)C(N)=O)nn2)s1. The molecule has 1 amide bonds. The van der Waals surface area contributed by atoms with Gasteiger partial charge in [-0.1, -0.05) is 42.5 Å². The Kier molecular flexibility index (Phi) is 4.47. The Hall–Kier alpha value is -2.54.